The molecule has 0 aliphatic carbocycles. The van der Waals surface area contributed by atoms with E-state index in [0.717, 1.165) is 19.6 Å². The Balaban J connectivity index is 2.05. The van der Waals surface area contributed by atoms with Crippen molar-refractivity contribution in [3.8, 4) is 0 Å². The average Bonchev–Trinajstić information content (AvgIpc) is 2.91. The highest BCUT2D eigenvalue weighted by Gasteiger charge is 2.07. The molecule has 2 heterocycles. The quantitative estimate of drug-likeness (QED) is 0.831. The molecule has 2 N–H and O–H groups in total. The fourth-order valence-corrected chi connectivity index (χ4v) is 2.73. The van der Waals surface area contributed by atoms with Gasteiger partial charge >= 0.3 is 0 Å². The first-order valence-electron chi connectivity index (χ1n) is 6.18. The molecular formula is C14H17N3S2. The van der Waals surface area contributed by atoms with E-state index in [-0.39, 0.29) is 0 Å². The molecule has 2 aromatic heterocycles. The number of hydrogen-bond donors (Lipinski definition) is 1. The van der Waals surface area contributed by atoms with Crippen LogP contribution in [0.25, 0.3) is 0 Å². The fraction of sp³-hybridized carbons (Fsp3) is 0.286. The Hall–Kier alpha value is -1.30. The van der Waals surface area contributed by atoms with Crippen molar-refractivity contribution in [2.45, 2.75) is 20.0 Å². The smallest absolute Gasteiger partial charge is 0.122 e. The minimum absolute atomic E-state index is 0.350. The number of nitrogens with two attached hydrogens (primary N) is 1. The number of pyridine rings is 1. The lowest BCUT2D eigenvalue weighted by atomic mass is 10.2. The van der Waals surface area contributed by atoms with E-state index in [9.17, 15) is 0 Å². The van der Waals surface area contributed by atoms with Crippen molar-refractivity contribution in [1.82, 2.24) is 9.88 Å². The highest BCUT2D eigenvalue weighted by Crippen LogP contribution is 2.14. The molecule has 0 atom stereocenters. The lowest BCUT2D eigenvalue weighted by Crippen LogP contribution is -2.22. The number of nitrogens with zero attached hydrogens (tertiary/aromatic N) is 2. The molecule has 0 aliphatic heterocycles. The number of thiophene rings is 1. The number of thiocarbonyl (C=S) groups is 1. The van der Waals surface area contributed by atoms with E-state index in [1.165, 1.54) is 10.4 Å². The minimum Gasteiger partial charge on any atom is -0.388 e. The highest BCUT2D eigenvalue weighted by atomic mass is 32.1. The van der Waals surface area contributed by atoms with Crippen LogP contribution in [-0.4, -0.2) is 21.4 Å². The maximum atomic E-state index is 5.61. The van der Waals surface area contributed by atoms with Gasteiger partial charge in [0.1, 0.15) is 4.99 Å². The minimum atomic E-state index is 0.350. The van der Waals surface area contributed by atoms with Gasteiger partial charge in [0.25, 0.3) is 0 Å². The summed E-state index contributed by atoms with van der Waals surface area (Å²) in [5, 5.41) is 2.11. The second-order valence-electron chi connectivity index (χ2n) is 4.30. The van der Waals surface area contributed by atoms with Gasteiger partial charge in [-0.3, -0.25) is 9.88 Å². The molecule has 3 nitrogen and oxygen atoms in total. The first-order chi connectivity index (χ1) is 9.19. The van der Waals surface area contributed by atoms with Crippen LogP contribution in [0.1, 0.15) is 23.1 Å². The molecule has 0 bridgehead atoms. The third-order valence-corrected chi connectivity index (χ3v) is 3.96. The molecule has 2 rings (SSSR count). The van der Waals surface area contributed by atoms with E-state index in [0.29, 0.717) is 10.7 Å². The Labute approximate surface area is 123 Å². The molecular weight excluding hydrogens is 274 g/mol. The Morgan fingerprint density at radius 2 is 2.26 bits per heavy atom. The van der Waals surface area contributed by atoms with Crippen molar-refractivity contribution in [3.05, 3.63) is 52.0 Å². The standard InChI is InChI=1S/C14H17N3S2/c1-2-17(10-12-4-3-7-19-12)9-11-5-6-16-13(8-11)14(15)18/h3-8H,2,9-10H2,1H3,(H2,15,18). The third-order valence-electron chi connectivity index (χ3n) is 2.89. The molecule has 2 aromatic rings. The van der Waals surface area contributed by atoms with Gasteiger partial charge in [-0.15, -0.1) is 11.3 Å². The first kappa shape index (κ1) is 14.1. The first-order valence-corrected chi connectivity index (χ1v) is 7.47. The Morgan fingerprint density at radius 1 is 1.42 bits per heavy atom. The molecule has 0 aliphatic rings. The van der Waals surface area contributed by atoms with Gasteiger partial charge in [0.2, 0.25) is 0 Å². The summed E-state index contributed by atoms with van der Waals surface area (Å²) >= 11 is 6.75. The molecule has 0 unspecified atom stereocenters. The van der Waals surface area contributed by atoms with Crippen LogP contribution in [0.5, 0.6) is 0 Å². The van der Waals surface area contributed by atoms with Crippen LogP contribution < -0.4 is 5.73 Å². The third kappa shape index (κ3) is 4.09. The van der Waals surface area contributed by atoms with Crippen LogP contribution in [0, 0.1) is 0 Å². The van der Waals surface area contributed by atoms with Crippen molar-refractivity contribution in [2.75, 3.05) is 6.54 Å². The lowest BCUT2D eigenvalue weighted by molar-refractivity contribution is 0.274. The molecule has 19 heavy (non-hydrogen) atoms. The highest BCUT2D eigenvalue weighted by molar-refractivity contribution is 7.80. The molecule has 0 saturated heterocycles. The van der Waals surface area contributed by atoms with E-state index in [1.807, 2.05) is 12.1 Å². The molecule has 0 aromatic carbocycles. The monoisotopic (exact) mass is 291 g/mol. The summed E-state index contributed by atoms with van der Waals surface area (Å²) in [6.45, 7) is 5.03. The van der Waals surface area contributed by atoms with E-state index in [1.54, 1.807) is 17.5 Å². The average molecular weight is 291 g/mol. The van der Waals surface area contributed by atoms with Gasteiger partial charge in [0.15, 0.2) is 0 Å². The lowest BCUT2D eigenvalue weighted by Gasteiger charge is -2.19. The zero-order valence-electron chi connectivity index (χ0n) is 10.9. The van der Waals surface area contributed by atoms with Crippen LogP contribution in [0.2, 0.25) is 0 Å². The summed E-state index contributed by atoms with van der Waals surface area (Å²) in [6, 6.07) is 8.24. The van der Waals surface area contributed by atoms with Crippen LogP contribution in [0.3, 0.4) is 0 Å². The van der Waals surface area contributed by atoms with E-state index in [2.05, 4.69) is 34.3 Å². The molecule has 0 saturated carbocycles. The maximum absolute atomic E-state index is 5.61. The van der Waals surface area contributed by atoms with Crippen LogP contribution in [0.15, 0.2) is 35.8 Å². The van der Waals surface area contributed by atoms with Gasteiger partial charge in [0, 0.05) is 24.2 Å². The molecule has 0 radical (unpaired) electrons. The van der Waals surface area contributed by atoms with Crippen LogP contribution in [0.4, 0.5) is 0 Å². The fourth-order valence-electron chi connectivity index (χ4n) is 1.87. The van der Waals surface area contributed by atoms with E-state index < -0.39 is 0 Å². The van der Waals surface area contributed by atoms with Crippen molar-refractivity contribution in [1.29, 1.82) is 0 Å². The normalized spacial score (nSPS) is 10.8. The Morgan fingerprint density at radius 3 is 2.89 bits per heavy atom. The zero-order chi connectivity index (χ0) is 13.7. The largest absolute Gasteiger partial charge is 0.388 e. The summed E-state index contributed by atoms with van der Waals surface area (Å²) in [5.74, 6) is 0. The van der Waals surface area contributed by atoms with Crippen molar-refractivity contribution < 1.29 is 0 Å². The topological polar surface area (TPSA) is 42.2 Å². The molecule has 0 amide bonds. The van der Waals surface area contributed by atoms with Gasteiger partial charge in [-0.2, -0.15) is 0 Å². The summed E-state index contributed by atoms with van der Waals surface area (Å²) in [5.41, 5.74) is 7.50. The summed E-state index contributed by atoms with van der Waals surface area (Å²) < 4.78 is 0. The van der Waals surface area contributed by atoms with Crippen LogP contribution >= 0.6 is 23.6 Å². The van der Waals surface area contributed by atoms with Crippen molar-refractivity contribution >= 4 is 28.5 Å². The number of rotatable bonds is 6. The summed E-state index contributed by atoms with van der Waals surface area (Å²) in [6.07, 6.45) is 1.77. The van der Waals surface area contributed by atoms with Crippen molar-refractivity contribution in [2.24, 2.45) is 5.73 Å². The second-order valence-corrected chi connectivity index (χ2v) is 5.77. The van der Waals surface area contributed by atoms with E-state index >= 15 is 0 Å². The van der Waals surface area contributed by atoms with Gasteiger partial charge in [-0.1, -0.05) is 25.2 Å². The predicted octanol–water partition coefficient (Wildman–Crippen LogP) is 2.80. The summed E-state index contributed by atoms with van der Waals surface area (Å²) in [4.78, 5) is 8.27. The van der Waals surface area contributed by atoms with E-state index in [4.69, 9.17) is 18.0 Å². The van der Waals surface area contributed by atoms with Gasteiger partial charge in [-0.25, -0.2) is 0 Å². The summed E-state index contributed by atoms with van der Waals surface area (Å²) in [7, 11) is 0. The number of hydrogen-bond acceptors (Lipinski definition) is 4. The number of aromatic nitrogens is 1. The van der Waals surface area contributed by atoms with Crippen LogP contribution in [-0.2, 0) is 13.1 Å². The molecule has 0 spiro atoms. The molecule has 5 heteroatoms. The Kier molecular flexibility index (Phi) is 5.01. The maximum Gasteiger partial charge on any atom is 0.122 e. The Bertz CT molecular complexity index is 537. The SMILES string of the molecule is CCN(Cc1ccnc(C(N)=S)c1)Cc1cccs1. The van der Waals surface area contributed by atoms with Gasteiger partial charge in [0.05, 0.1) is 5.69 Å². The predicted molar refractivity (Wildman–Crippen MR) is 84.2 cm³/mol. The molecule has 100 valence electrons. The van der Waals surface area contributed by atoms with Crippen molar-refractivity contribution in [3.63, 3.8) is 0 Å². The van der Waals surface area contributed by atoms with Gasteiger partial charge < -0.3 is 5.73 Å². The second kappa shape index (κ2) is 6.75. The van der Waals surface area contributed by atoms with Gasteiger partial charge in [-0.05, 0) is 35.7 Å². The zero-order valence-corrected chi connectivity index (χ0v) is 12.5. The molecule has 0 fully saturated rings.